The molecule has 0 saturated carbocycles. The number of imidazole rings is 1. The molecular weight excluding hydrogens is 293 g/mol. The van der Waals surface area contributed by atoms with Crippen molar-refractivity contribution in [2.24, 2.45) is 0 Å². The number of halogens is 1. The van der Waals surface area contributed by atoms with E-state index in [1.807, 2.05) is 0 Å². The highest BCUT2D eigenvalue weighted by Gasteiger charge is 2.25. The third-order valence-corrected chi connectivity index (χ3v) is 3.35. The molecule has 2 N–H and O–H groups in total. The van der Waals surface area contributed by atoms with Crippen LogP contribution in [0.1, 0.15) is 13.2 Å². The lowest BCUT2D eigenvalue weighted by molar-refractivity contribution is -0.134. The Morgan fingerprint density at radius 3 is 2.68 bits per heavy atom. The first-order valence-electron chi connectivity index (χ1n) is 6.78. The summed E-state index contributed by atoms with van der Waals surface area (Å²) >= 11 is 0. The van der Waals surface area contributed by atoms with Crippen LogP contribution >= 0.6 is 0 Å². The summed E-state index contributed by atoms with van der Waals surface area (Å²) in [6.07, 6.45) is 1.18. The van der Waals surface area contributed by atoms with E-state index in [1.165, 1.54) is 20.5 Å². The zero-order valence-corrected chi connectivity index (χ0v) is 12.8. The molecule has 2 rings (SSSR count). The average Bonchev–Trinajstić information content (AvgIpc) is 2.94. The number of nitrogens with two attached hydrogens (primary N) is 1. The minimum absolute atomic E-state index is 0.205. The molecule has 2 aromatic heterocycles. The van der Waals surface area contributed by atoms with E-state index in [1.54, 1.807) is 17.8 Å². The van der Waals surface area contributed by atoms with Gasteiger partial charge in [0.1, 0.15) is 37.0 Å². The summed E-state index contributed by atoms with van der Waals surface area (Å²) in [5, 5.41) is 0. The third-order valence-electron chi connectivity index (χ3n) is 3.35. The average molecular weight is 313 g/mol. The second-order valence-corrected chi connectivity index (χ2v) is 4.74. The lowest BCUT2D eigenvalue weighted by atomic mass is 10.2. The van der Waals surface area contributed by atoms with Gasteiger partial charge in [-0.2, -0.15) is 0 Å². The lowest BCUT2D eigenvalue weighted by Gasteiger charge is -2.27. The number of rotatable bonds is 8. The SMILES string of the molecule is COCC(O[C@H](C)n1cnc2c(N)ncnc21)C(CF)OC. The molecule has 0 aliphatic heterocycles. The van der Waals surface area contributed by atoms with Crippen LogP contribution in [0.4, 0.5) is 10.2 Å². The van der Waals surface area contributed by atoms with Gasteiger partial charge in [-0.3, -0.25) is 4.57 Å². The summed E-state index contributed by atoms with van der Waals surface area (Å²) in [5.74, 6) is 0.294. The van der Waals surface area contributed by atoms with Gasteiger partial charge in [0.15, 0.2) is 11.5 Å². The predicted octanol–water partition coefficient (Wildman–Crippen LogP) is 0.943. The molecule has 0 aromatic carbocycles. The molecule has 0 spiro atoms. The van der Waals surface area contributed by atoms with Crippen molar-refractivity contribution in [1.82, 2.24) is 19.5 Å². The number of fused-ring (bicyclic) bond motifs is 1. The van der Waals surface area contributed by atoms with Crippen molar-refractivity contribution in [3.8, 4) is 0 Å². The fraction of sp³-hybridized carbons (Fsp3) is 0.615. The third kappa shape index (κ3) is 3.32. The van der Waals surface area contributed by atoms with E-state index < -0.39 is 25.1 Å². The molecule has 0 radical (unpaired) electrons. The Kier molecular flexibility index (Phi) is 5.58. The molecule has 2 unspecified atom stereocenters. The maximum Gasteiger partial charge on any atom is 0.167 e. The van der Waals surface area contributed by atoms with Gasteiger partial charge >= 0.3 is 0 Å². The molecule has 0 aliphatic rings. The number of nitrogen functional groups attached to an aromatic ring is 1. The number of aromatic nitrogens is 4. The standard InChI is InChI=1S/C13H20FN5O3/c1-8(22-10(5-20-2)9(4-14)21-3)19-7-18-11-12(15)16-6-17-13(11)19/h6-10H,4-5H2,1-3H3,(H2,15,16,17)/t8-,9?,10?/m1/s1. The first kappa shape index (κ1) is 16.5. The summed E-state index contributed by atoms with van der Waals surface area (Å²) in [5.41, 5.74) is 6.79. The smallest absolute Gasteiger partial charge is 0.167 e. The van der Waals surface area contributed by atoms with E-state index in [9.17, 15) is 4.39 Å². The van der Waals surface area contributed by atoms with Crippen molar-refractivity contribution in [2.75, 3.05) is 33.2 Å². The van der Waals surface area contributed by atoms with Crippen LogP contribution in [-0.2, 0) is 14.2 Å². The van der Waals surface area contributed by atoms with Crippen molar-refractivity contribution in [2.45, 2.75) is 25.4 Å². The zero-order valence-electron chi connectivity index (χ0n) is 12.8. The van der Waals surface area contributed by atoms with Gasteiger partial charge in [-0.15, -0.1) is 0 Å². The highest BCUT2D eigenvalue weighted by Crippen LogP contribution is 2.21. The molecule has 2 heterocycles. The van der Waals surface area contributed by atoms with Crippen LogP contribution in [0.3, 0.4) is 0 Å². The molecule has 8 nitrogen and oxygen atoms in total. The van der Waals surface area contributed by atoms with E-state index in [-0.39, 0.29) is 6.61 Å². The largest absolute Gasteiger partial charge is 0.382 e. The van der Waals surface area contributed by atoms with Crippen molar-refractivity contribution < 1.29 is 18.6 Å². The Morgan fingerprint density at radius 2 is 2.05 bits per heavy atom. The van der Waals surface area contributed by atoms with Crippen molar-refractivity contribution in [3.63, 3.8) is 0 Å². The number of alkyl halides is 1. The molecule has 0 saturated heterocycles. The number of hydrogen-bond acceptors (Lipinski definition) is 7. The summed E-state index contributed by atoms with van der Waals surface area (Å²) in [4.78, 5) is 12.2. The first-order chi connectivity index (χ1) is 10.6. The Labute approximate surface area is 127 Å². The minimum Gasteiger partial charge on any atom is -0.382 e. The van der Waals surface area contributed by atoms with Gasteiger partial charge in [-0.1, -0.05) is 0 Å². The van der Waals surface area contributed by atoms with Crippen molar-refractivity contribution >= 4 is 17.0 Å². The number of anilines is 1. The summed E-state index contributed by atoms with van der Waals surface area (Å²) in [6.45, 7) is 1.33. The van der Waals surface area contributed by atoms with Crippen LogP contribution in [0.2, 0.25) is 0 Å². The van der Waals surface area contributed by atoms with Gasteiger partial charge in [-0.25, -0.2) is 19.3 Å². The number of ether oxygens (including phenoxy) is 3. The molecule has 0 amide bonds. The van der Waals surface area contributed by atoms with Crippen LogP contribution < -0.4 is 5.73 Å². The van der Waals surface area contributed by atoms with Gasteiger partial charge in [0, 0.05) is 14.2 Å². The van der Waals surface area contributed by atoms with Crippen LogP contribution in [0, 0.1) is 0 Å². The lowest BCUT2D eigenvalue weighted by Crippen LogP contribution is -2.37. The Bertz CT molecular complexity index is 604. The number of hydrogen-bond donors (Lipinski definition) is 1. The maximum atomic E-state index is 13.0. The van der Waals surface area contributed by atoms with Gasteiger partial charge < -0.3 is 19.9 Å². The van der Waals surface area contributed by atoms with Crippen molar-refractivity contribution in [3.05, 3.63) is 12.7 Å². The molecule has 0 aliphatic carbocycles. The fourth-order valence-electron chi connectivity index (χ4n) is 2.17. The molecular formula is C13H20FN5O3. The second-order valence-electron chi connectivity index (χ2n) is 4.74. The molecule has 0 fully saturated rings. The predicted molar refractivity (Wildman–Crippen MR) is 78.0 cm³/mol. The molecule has 122 valence electrons. The zero-order chi connectivity index (χ0) is 16.1. The monoisotopic (exact) mass is 313 g/mol. The van der Waals surface area contributed by atoms with E-state index in [0.29, 0.717) is 17.0 Å². The summed E-state index contributed by atoms with van der Waals surface area (Å²) < 4.78 is 30.7. The van der Waals surface area contributed by atoms with Crippen LogP contribution in [0.25, 0.3) is 11.2 Å². The molecule has 9 heteroatoms. The first-order valence-corrected chi connectivity index (χ1v) is 6.78. The van der Waals surface area contributed by atoms with Gasteiger partial charge in [0.05, 0.1) is 12.9 Å². The number of methoxy groups -OCH3 is 2. The van der Waals surface area contributed by atoms with Gasteiger partial charge in [0.25, 0.3) is 0 Å². The highest BCUT2D eigenvalue weighted by molar-refractivity contribution is 5.81. The summed E-state index contributed by atoms with van der Waals surface area (Å²) in [6, 6.07) is 0. The molecule has 3 atom stereocenters. The van der Waals surface area contributed by atoms with E-state index in [0.717, 1.165) is 0 Å². The van der Waals surface area contributed by atoms with E-state index >= 15 is 0 Å². The van der Waals surface area contributed by atoms with E-state index in [2.05, 4.69) is 15.0 Å². The fourth-order valence-corrected chi connectivity index (χ4v) is 2.17. The van der Waals surface area contributed by atoms with Gasteiger partial charge in [-0.05, 0) is 6.92 Å². The molecule has 2 aromatic rings. The Morgan fingerprint density at radius 1 is 1.27 bits per heavy atom. The Hall–Kier alpha value is -1.84. The quantitative estimate of drug-likeness (QED) is 0.774. The van der Waals surface area contributed by atoms with Crippen molar-refractivity contribution in [1.29, 1.82) is 0 Å². The summed E-state index contributed by atoms with van der Waals surface area (Å²) in [7, 11) is 2.95. The number of nitrogens with zero attached hydrogens (tertiary/aromatic N) is 4. The minimum atomic E-state index is -0.711. The molecule has 0 bridgehead atoms. The van der Waals surface area contributed by atoms with Crippen LogP contribution in [0.15, 0.2) is 12.7 Å². The maximum absolute atomic E-state index is 13.0. The second kappa shape index (κ2) is 7.43. The molecule has 22 heavy (non-hydrogen) atoms. The normalized spacial score (nSPS) is 15.8. The highest BCUT2D eigenvalue weighted by atomic mass is 19.1. The van der Waals surface area contributed by atoms with Crippen LogP contribution in [-0.4, -0.2) is 59.2 Å². The van der Waals surface area contributed by atoms with E-state index in [4.69, 9.17) is 19.9 Å². The van der Waals surface area contributed by atoms with Gasteiger partial charge in [0.2, 0.25) is 0 Å². The van der Waals surface area contributed by atoms with Crippen LogP contribution in [0.5, 0.6) is 0 Å². The Balaban J connectivity index is 2.21. The topological polar surface area (TPSA) is 97.3 Å².